The van der Waals surface area contributed by atoms with Crippen LogP contribution in [0.5, 0.6) is 5.75 Å². The molecule has 2 unspecified atom stereocenters. The third kappa shape index (κ3) is 14.3. The number of aliphatic hydroxyl groups excluding tert-OH is 1. The second kappa shape index (κ2) is 25.5. The highest BCUT2D eigenvalue weighted by atomic mass is 32.5. The van der Waals surface area contributed by atoms with Gasteiger partial charge >= 0.3 is 0 Å². The van der Waals surface area contributed by atoms with Gasteiger partial charge in [0.2, 0.25) is 11.6 Å². The number of amides is 2. The van der Waals surface area contributed by atoms with Crippen LogP contribution in [0.3, 0.4) is 0 Å². The summed E-state index contributed by atoms with van der Waals surface area (Å²) in [7, 11) is -3.03. The molecular formula is C62H82N6O13PS2+. The van der Waals surface area contributed by atoms with E-state index in [1.807, 2.05) is 34.6 Å². The zero-order chi connectivity index (χ0) is 62.1. The van der Waals surface area contributed by atoms with Gasteiger partial charge in [0.05, 0.1) is 71.0 Å². The highest BCUT2D eigenvalue weighted by Crippen LogP contribution is 2.56. The van der Waals surface area contributed by atoms with Crippen LogP contribution in [0.2, 0.25) is 0 Å². The predicted octanol–water partition coefficient (Wildman–Crippen LogP) is 10.0. The number of unbranched alkanes of at least 4 members (excludes halogenated alkanes) is 2. The molecule has 4 heterocycles. The number of benzene rings is 3. The van der Waals surface area contributed by atoms with E-state index in [0.29, 0.717) is 25.8 Å². The molecule has 1 fully saturated rings. The summed E-state index contributed by atoms with van der Waals surface area (Å²) in [6.45, 7) is 25.3. The summed E-state index contributed by atoms with van der Waals surface area (Å²) in [6, 6.07) is 14.1. The van der Waals surface area contributed by atoms with Crippen LogP contribution in [-0.2, 0) is 56.3 Å². The Morgan fingerprint density at radius 1 is 1.08 bits per heavy atom. The Labute approximate surface area is 499 Å². The quantitative estimate of drug-likeness (QED) is 0.0127. The highest BCUT2D eigenvalue weighted by molar-refractivity contribution is 8.10. The number of carbonyl (C=O) groups excluding carboxylic acids is 2. The minimum Gasteiger partial charge on any atom is -0.495 e. The largest absolute Gasteiger partial charge is 0.495 e. The summed E-state index contributed by atoms with van der Waals surface area (Å²) in [6.07, 6.45) is 6.66. The van der Waals surface area contributed by atoms with Crippen molar-refractivity contribution in [2.45, 2.75) is 161 Å². The SMILES string of the molecule is C=C1NC(=O)C(CO[C@H](c2cc(OC)c(C#CCNC(=O)CCCCC[N+]3=C(C=CC=C4N(CC)c5ccc(C)cc5C4(C)C)C(C)(C)c4cc(S(=O)(=O)O)ccc43)cc2[N+](=O)[O-])C(C)(C)C)=CN1[C@H]1CC(O)[C@@H](COP(O)(=S)C(C)(C)C)O1. The summed E-state index contributed by atoms with van der Waals surface area (Å²) in [4.78, 5) is 53.1. The van der Waals surface area contributed by atoms with E-state index in [9.17, 15) is 42.7 Å². The summed E-state index contributed by atoms with van der Waals surface area (Å²) in [5.41, 5.74) is 6.11. The van der Waals surface area contributed by atoms with Crippen LogP contribution in [0.25, 0.3) is 0 Å². The normalized spacial score (nSPS) is 21.0. The third-order valence-electron chi connectivity index (χ3n) is 15.9. The molecule has 0 saturated carbocycles. The Morgan fingerprint density at radius 2 is 1.80 bits per heavy atom. The number of hydrogen-bond donors (Lipinski definition) is 5. The van der Waals surface area contributed by atoms with Crippen molar-refractivity contribution in [2.24, 2.45) is 5.41 Å². The standard InChI is InChI=1S/C62H81N6O13PS2/c1-15-65-47-27-25-39(2)31-45(47)61(10,11)53(65)22-19-23-54-62(12,13)46-33-43(84(75,76)77)26-28-48(46)66(54)30-18-16-17-24-55(70)63-29-20-21-41-32-49(68(72)73)44(34-51(41)78-14)57(59(4,5)6)79-37-42-36-67(40(3)64-58(42)71)56-35-50(69)52(81-56)38-80-82(74,83)60(7,8)9/h19,22-23,25-28,31-34,36,50,52,56-57,69H,3,15-18,24,29-30,35,37-38H2,1-2,4-14H3,(H3-,63,64,70,71,74,75,76,77,83)/p+1/t50?,52-,56-,57-,82?/m1/s1. The Balaban J connectivity index is 0.986. The molecule has 22 heteroatoms. The number of rotatable bonds is 21. The van der Waals surface area contributed by atoms with Gasteiger partial charge < -0.3 is 49.2 Å². The summed E-state index contributed by atoms with van der Waals surface area (Å²) in [5.74, 6) is 5.53. The zero-order valence-corrected chi connectivity index (χ0v) is 53.0. The van der Waals surface area contributed by atoms with Crippen LogP contribution < -0.4 is 20.3 Å². The van der Waals surface area contributed by atoms with Gasteiger partial charge in [0.1, 0.15) is 30.4 Å². The van der Waals surface area contributed by atoms with Crippen molar-refractivity contribution in [1.82, 2.24) is 15.5 Å². The number of nitro groups is 1. The molecule has 7 rings (SSSR count). The van der Waals surface area contributed by atoms with Gasteiger partial charge in [0.25, 0.3) is 21.7 Å². The first-order valence-electron chi connectivity index (χ1n) is 28.2. The number of allylic oxidation sites excluding steroid dienone is 4. The van der Waals surface area contributed by atoms with E-state index in [-0.39, 0.29) is 82.8 Å². The minimum absolute atomic E-state index is 0.0353. The maximum Gasteiger partial charge on any atom is 0.294 e. The molecule has 5 N–H and O–H groups in total. The highest BCUT2D eigenvalue weighted by Gasteiger charge is 2.46. The van der Waals surface area contributed by atoms with E-state index in [1.54, 1.807) is 37.8 Å². The van der Waals surface area contributed by atoms with Gasteiger partial charge in [-0.2, -0.15) is 13.0 Å². The first-order chi connectivity index (χ1) is 39.1. The molecule has 4 aliphatic heterocycles. The maximum atomic E-state index is 13.3. The monoisotopic (exact) mass is 1210 g/mol. The number of methoxy groups -OCH3 is 1. The van der Waals surface area contributed by atoms with E-state index in [4.69, 9.17) is 30.5 Å². The van der Waals surface area contributed by atoms with Crippen molar-refractivity contribution in [3.63, 3.8) is 0 Å². The molecule has 4 aliphatic rings. The van der Waals surface area contributed by atoms with Crippen LogP contribution in [-0.4, -0.2) is 118 Å². The number of aliphatic hydroxyl groups is 1. The number of likely N-dealkylation sites (N-methyl/N-ethyl adjacent to an activating group) is 1. The summed E-state index contributed by atoms with van der Waals surface area (Å²) in [5, 5.41) is 28.5. The fraction of sp³-hybridized carbons (Fsp3) is 0.500. The Bertz CT molecular complexity index is 3450. The second-order valence-corrected chi connectivity index (χ2v) is 30.4. The second-order valence-electron chi connectivity index (χ2n) is 24.8. The summed E-state index contributed by atoms with van der Waals surface area (Å²) < 4.78 is 60.7. The van der Waals surface area contributed by atoms with Gasteiger partial charge in [0.15, 0.2) is 12.2 Å². The number of nitrogens with zero attached hydrogens (tertiary/aromatic N) is 4. The molecule has 0 spiro atoms. The topological polar surface area (TPSA) is 243 Å². The molecule has 0 bridgehead atoms. The smallest absolute Gasteiger partial charge is 0.294 e. The van der Waals surface area contributed by atoms with Crippen molar-refractivity contribution in [3.05, 3.63) is 135 Å². The van der Waals surface area contributed by atoms with Crippen LogP contribution in [0.1, 0.15) is 142 Å². The molecule has 0 radical (unpaired) electrons. The van der Waals surface area contributed by atoms with Crippen molar-refractivity contribution in [2.75, 3.05) is 44.9 Å². The molecule has 2 amide bonds. The Hall–Kier alpha value is -6.05. The number of fused-ring (bicyclic) bond motifs is 2. The number of hydrogen-bond acceptors (Lipinski definition) is 14. The van der Waals surface area contributed by atoms with Gasteiger partial charge in [-0.25, -0.2) is 0 Å². The molecule has 84 heavy (non-hydrogen) atoms. The number of anilines is 1. The van der Waals surface area contributed by atoms with E-state index < -0.39 is 68.0 Å². The lowest BCUT2D eigenvalue weighted by atomic mass is 9.81. The van der Waals surface area contributed by atoms with Crippen molar-refractivity contribution in [1.29, 1.82) is 0 Å². The molecule has 3 aromatic carbocycles. The zero-order valence-electron chi connectivity index (χ0n) is 50.5. The van der Waals surface area contributed by atoms with Gasteiger partial charge in [-0.3, -0.25) is 24.3 Å². The Morgan fingerprint density at radius 3 is 2.44 bits per heavy atom. The first kappa shape index (κ1) is 65.5. The number of nitro benzene ring substituents is 1. The fourth-order valence-electron chi connectivity index (χ4n) is 11.1. The average molecular weight is 1210 g/mol. The molecule has 1 saturated heterocycles. The lowest BCUT2D eigenvalue weighted by Gasteiger charge is -2.35. The van der Waals surface area contributed by atoms with Crippen LogP contribution in [0.4, 0.5) is 17.1 Å². The van der Waals surface area contributed by atoms with Crippen molar-refractivity contribution in [3.8, 4) is 17.6 Å². The first-order valence-corrected chi connectivity index (χ1v) is 32.3. The minimum atomic E-state index is -4.45. The molecule has 454 valence electrons. The van der Waals surface area contributed by atoms with Gasteiger partial charge in [-0.15, -0.1) is 0 Å². The van der Waals surface area contributed by atoms with Crippen molar-refractivity contribution >= 4 is 63.0 Å². The number of aryl methyl sites for hydroxylation is 1. The van der Waals surface area contributed by atoms with E-state index in [1.165, 1.54) is 54.0 Å². The lowest BCUT2D eigenvalue weighted by molar-refractivity contribution is -0.438. The van der Waals surface area contributed by atoms with Gasteiger partial charge in [0, 0.05) is 77.7 Å². The molecule has 3 aromatic rings. The Kier molecular flexibility index (Phi) is 19.9. The van der Waals surface area contributed by atoms with E-state index in [2.05, 4.69) is 103 Å². The molecular weight excluding hydrogens is 1130 g/mol. The molecule has 0 aromatic heterocycles. The van der Waals surface area contributed by atoms with Crippen LogP contribution in [0.15, 0.2) is 102 Å². The van der Waals surface area contributed by atoms with Crippen LogP contribution in [0, 0.1) is 34.3 Å². The fourth-order valence-corrected chi connectivity index (χ4v) is 12.5. The maximum absolute atomic E-state index is 13.3. The molecule has 5 atom stereocenters. The number of carbonyl (C=O) groups is 2. The van der Waals surface area contributed by atoms with E-state index >= 15 is 0 Å². The predicted molar refractivity (Wildman–Crippen MR) is 328 cm³/mol. The van der Waals surface area contributed by atoms with Gasteiger partial charge in [-0.1, -0.05) is 97.6 Å². The summed E-state index contributed by atoms with van der Waals surface area (Å²) >= 11 is 5.35. The number of nitrogens with one attached hydrogen (secondary N) is 2. The average Bonchev–Trinajstić information content (AvgIpc) is 1.77. The van der Waals surface area contributed by atoms with Crippen LogP contribution >= 0.6 is 6.49 Å². The molecule has 19 nitrogen and oxygen atoms in total. The van der Waals surface area contributed by atoms with Crippen molar-refractivity contribution < 1.29 is 60.8 Å². The third-order valence-corrected chi connectivity index (χ3v) is 20.9. The molecule has 0 aliphatic carbocycles. The lowest BCUT2D eigenvalue weighted by Crippen LogP contribution is -2.44. The van der Waals surface area contributed by atoms with Gasteiger partial charge in [-0.05, 0) is 93.7 Å². The van der Waals surface area contributed by atoms with E-state index in [0.717, 1.165) is 23.5 Å². The number of ether oxygens (including phenoxy) is 3.